The van der Waals surface area contributed by atoms with Gasteiger partial charge in [0.15, 0.2) is 0 Å². The molecule has 0 N–H and O–H groups in total. The maximum absolute atomic E-state index is 6.42. The molecule has 0 aliphatic rings. The minimum Gasteiger partial charge on any atom is -0.456 e. The van der Waals surface area contributed by atoms with Crippen LogP contribution in [-0.4, -0.2) is 7.85 Å². The van der Waals surface area contributed by atoms with E-state index in [4.69, 9.17) is 23.9 Å². The molecule has 0 spiro atoms. The summed E-state index contributed by atoms with van der Waals surface area (Å²) in [6, 6.07) is 28.6. The Morgan fingerprint density at radius 3 is 2.11 bits per heavy atom. The second-order valence-electron chi connectivity index (χ2n) is 6.57. The molecule has 1 nitrogen and oxygen atoms in total. The minimum absolute atomic E-state index is 0.593. The van der Waals surface area contributed by atoms with Gasteiger partial charge in [0.05, 0.1) is 5.02 Å². The Morgan fingerprint density at radius 1 is 0.630 bits per heavy atom. The molecule has 126 valence electrons. The zero-order chi connectivity index (χ0) is 18.4. The number of halogens is 1. The zero-order valence-electron chi connectivity index (χ0n) is 14.4. The van der Waals surface area contributed by atoms with E-state index in [2.05, 4.69) is 42.5 Å². The number of benzene rings is 4. The van der Waals surface area contributed by atoms with Crippen LogP contribution in [0.4, 0.5) is 0 Å². The van der Waals surface area contributed by atoms with E-state index in [-0.39, 0.29) is 0 Å². The van der Waals surface area contributed by atoms with Gasteiger partial charge in [0, 0.05) is 16.3 Å². The third-order valence-corrected chi connectivity index (χ3v) is 5.24. The fourth-order valence-corrected chi connectivity index (χ4v) is 3.83. The van der Waals surface area contributed by atoms with E-state index < -0.39 is 0 Å². The first-order valence-electron chi connectivity index (χ1n) is 8.77. The smallest absolute Gasteiger partial charge is 0.143 e. The molecule has 0 unspecified atom stereocenters. The predicted octanol–water partition coefficient (Wildman–Crippen LogP) is 6.37. The Morgan fingerprint density at radius 2 is 1.33 bits per heavy atom. The topological polar surface area (TPSA) is 13.1 Å². The van der Waals surface area contributed by atoms with Gasteiger partial charge in [-0.15, -0.1) is 0 Å². The summed E-state index contributed by atoms with van der Waals surface area (Å²) in [7, 11) is 6.11. The summed E-state index contributed by atoms with van der Waals surface area (Å²) in [6.45, 7) is 0. The highest BCUT2D eigenvalue weighted by molar-refractivity contribution is 6.44. The lowest BCUT2D eigenvalue weighted by Gasteiger charge is -2.05. The lowest BCUT2D eigenvalue weighted by Crippen LogP contribution is -2.01. The van der Waals surface area contributed by atoms with E-state index in [0.29, 0.717) is 16.1 Å². The van der Waals surface area contributed by atoms with E-state index in [1.165, 1.54) is 11.1 Å². The SMILES string of the molecule is [B]c1ccc(Cl)c2c1oc1c(-c3ccc(-c4ccccc4)cc3)cccc12. The van der Waals surface area contributed by atoms with Crippen molar-refractivity contribution in [3.63, 3.8) is 0 Å². The predicted molar refractivity (Wildman–Crippen MR) is 115 cm³/mol. The number of para-hydroxylation sites is 1. The summed E-state index contributed by atoms with van der Waals surface area (Å²) >= 11 is 6.42. The van der Waals surface area contributed by atoms with Crippen molar-refractivity contribution < 1.29 is 4.42 Å². The van der Waals surface area contributed by atoms with E-state index >= 15 is 0 Å². The van der Waals surface area contributed by atoms with Gasteiger partial charge in [0.2, 0.25) is 0 Å². The van der Waals surface area contributed by atoms with Crippen molar-refractivity contribution in [2.45, 2.75) is 0 Å². The number of fused-ring (bicyclic) bond motifs is 3. The first-order valence-corrected chi connectivity index (χ1v) is 9.15. The quantitative estimate of drug-likeness (QED) is 0.332. The molecule has 0 amide bonds. The van der Waals surface area contributed by atoms with E-state index in [0.717, 1.165) is 27.5 Å². The molecule has 0 fully saturated rings. The third kappa shape index (κ3) is 2.65. The maximum Gasteiger partial charge on any atom is 0.143 e. The Balaban J connectivity index is 1.69. The van der Waals surface area contributed by atoms with Crippen LogP contribution in [0.25, 0.3) is 44.2 Å². The molecule has 27 heavy (non-hydrogen) atoms. The number of hydrogen-bond acceptors (Lipinski definition) is 1. The van der Waals surface area contributed by atoms with Crippen molar-refractivity contribution in [2.75, 3.05) is 0 Å². The van der Waals surface area contributed by atoms with Gasteiger partial charge in [-0.25, -0.2) is 0 Å². The molecule has 0 saturated carbocycles. The van der Waals surface area contributed by atoms with Crippen molar-refractivity contribution >= 4 is 46.8 Å². The van der Waals surface area contributed by atoms with Crippen LogP contribution in [0.3, 0.4) is 0 Å². The summed E-state index contributed by atoms with van der Waals surface area (Å²) < 4.78 is 6.16. The van der Waals surface area contributed by atoms with Crippen LogP contribution in [0.5, 0.6) is 0 Å². The number of furan rings is 1. The highest BCUT2D eigenvalue weighted by atomic mass is 35.5. The molecular formula is C24H14BClO. The van der Waals surface area contributed by atoms with Crippen LogP contribution in [0.15, 0.2) is 89.3 Å². The second-order valence-corrected chi connectivity index (χ2v) is 6.98. The molecule has 3 heteroatoms. The molecule has 1 aromatic heterocycles. The fraction of sp³-hybridized carbons (Fsp3) is 0. The van der Waals surface area contributed by atoms with Crippen LogP contribution < -0.4 is 5.46 Å². The third-order valence-electron chi connectivity index (χ3n) is 4.93. The summed E-state index contributed by atoms with van der Waals surface area (Å²) in [6.07, 6.45) is 0. The molecule has 0 bridgehead atoms. The van der Waals surface area contributed by atoms with Crippen molar-refractivity contribution in [1.82, 2.24) is 0 Å². The molecule has 5 rings (SSSR count). The highest BCUT2D eigenvalue weighted by Gasteiger charge is 2.15. The molecule has 0 aliphatic heterocycles. The van der Waals surface area contributed by atoms with Gasteiger partial charge in [-0.1, -0.05) is 95.9 Å². The van der Waals surface area contributed by atoms with Gasteiger partial charge in [-0.2, -0.15) is 0 Å². The highest BCUT2D eigenvalue weighted by Crippen LogP contribution is 2.38. The zero-order valence-corrected chi connectivity index (χ0v) is 15.2. The second kappa shape index (κ2) is 6.33. The average Bonchev–Trinajstić information content (AvgIpc) is 3.13. The molecule has 0 atom stereocenters. The molecule has 1 heterocycles. The van der Waals surface area contributed by atoms with Crippen molar-refractivity contribution in [1.29, 1.82) is 0 Å². The lowest BCUT2D eigenvalue weighted by molar-refractivity contribution is 0.672. The van der Waals surface area contributed by atoms with Crippen molar-refractivity contribution in [3.8, 4) is 22.3 Å². The monoisotopic (exact) mass is 364 g/mol. The normalized spacial score (nSPS) is 11.3. The van der Waals surface area contributed by atoms with Crippen LogP contribution in [-0.2, 0) is 0 Å². The summed E-state index contributed by atoms with van der Waals surface area (Å²) in [5.74, 6) is 0. The Bertz CT molecular complexity index is 1270. The number of hydrogen-bond donors (Lipinski definition) is 0. The van der Waals surface area contributed by atoms with Gasteiger partial charge in [0.1, 0.15) is 19.0 Å². The van der Waals surface area contributed by atoms with Crippen LogP contribution >= 0.6 is 11.6 Å². The van der Waals surface area contributed by atoms with Crippen molar-refractivity contribution in [3.05, 3.63) is 90.0 Å². The largest absolute Gasteiger partial charge is 0.456 e. The summed E-state index contributed by atoms with van der Waals surface area (Å²) in [5.41, 5.74) is 6.54. The molecule has 0 saturated heterocycles. The first kappa shape index (κ1) is 16.2. The van der Waals surface area contributed by atoms with Crippen LogP contribution in [0.1, 0.15) is 0 Å². The van der Waals surface area contributed by atoms with Crippen LogP contribution in [0.2, 0.25) is 5.02 Å². The summed E-state index contributed by atoms with van der Waals surface area (Å²) in [5, 5.41) is 2.50. The van der Waals surface area contributed by atoms with Gasteiger partial charge in [-0.05, 0) is 22.8 Å². The summed E-state index contributed by atoms with van der Waals surface area (Å²) in [4.78, 5) is 0. The molecule has 5 aromatic rings. The number of rotatable bonds is 2. The van der Waals surface area contributed by atoms with Gasteiger partial charge >= 0.3 is 0 Å². The van der Waals surface area contributed by atoms with Gasteiger partial charge in [-0.3, -0.25) is 0 Å². The average molecular weight is 365 g/mol. The maximum atomic E-state index is 6.42. The lowest BCUT2D eigenvalue weighted by atomic mass is 9.93. The molecule has 4 aromatic carbocycles. The molecule has 2 radical (unpaired) electrons. The van der Waals surface area contributed by atoms with E-state index in [1.807, 2.05) is 36.4 Å². The first-order chi connectivity index (χ1) is 13.2. The van der Waals surface area contributed by atoms with Gasteiger partial charge in [0.25, 0.3) is 0 Å². The minimum atomic E-state index is 0.593. The standard InChI is InChI=1S/C24H14BClO/c25-20-13-14-21(26)22-19-8-4-7-18(23(19)27-24(20)22)17-11-9-16(10-12-17)15-5-2-1-3-6-15/h1-14H. The van der Waals surface area contributed by atoms with E-state index in [1.54, 1.807) is 6.07 Å². The van der Waals surface area contributed by atoms with Crippen LogP contribution in [0, 0.1) is 0 Å². The van der Waals surface area contributed by atoms with E-state index in [9.17, 15) is 0 Å². The van der Waals surface area contributed by atoms with Crippen molar-refractivity contribution in [2.24, 2.45) is 0 Å². The Hall–Kier alpha value is -2.97. The van der Waals surface area contributed by atoms with Gasteiger partial charge < -0.3 is 4.42 Å². The Kier molecular flexibility index (Phi) is 3.80. The fourth-order valence-electron chi connectivity index (χ4n) is 3.58. The molecular weight excluding hydrogens is 351 g/mol. The molecule has 0 aliphatic carbocycles. The Labute approximate surface area is 163 Å².